The van der Waals surface area contributed by atoms with E-state index in [2.05, 4.69) is 99.7 Å². The summed E-state index contributed by atoms with van der Waals surface area (Å²) in [6.45, 7) is 9.49. The fourth-order valence-corrected chi connectivity index (χ4v) is 8.04. The van der Waals surface area contributed by atoms with Gasteiger partial charge in [0.25, 0.3) is 0 Å². The first-order valence-corrected chi connectivity index (χ1v) is 17.4. The number of hydrogen-bond acceptors (Lipinski definition) is 4. The molecule has 0 fully saturated rings. The molecule has 9 rings (SSSR count). The first-order chi connectivity index (χ1) is 24.2. The Labute approximate surface area is 291 Å². The van der Waals surface area contributed by atoms with Gasteiger partial charge in [-0.15, -0.1) is 0 Å². The number of aliphatic imine (C=N–C) groups is 2. The minimum atomic E-state index is -0.584. The maximum atomic E-state index is 14.6. The van der Waals surface area contributed by atoms with Crippen LogP contribution in [0.2, 0.25) is 0 Å². The number of furan rings is 1. The minimum absolute atomic E-state index is 0.113. The summed E-state index contributed by atoms with van der Waals surface area (Å²) >= 11 is 0. The van der Waals surface area contributed by atoms with E-state index in [0.717, 1.165) is 43.8 Å². The molecule has 0 saturated carbocycles. The summed E-state index contributed by atoms with van der Waals surface area (Å²) in [7, 11) is 0. The second-order valence-corrected chi connectivity index (χ2v) is 15.0. The maximum absolute atomic E-state index is 14.6. The van der Waals surface area contributed by atoms with E-state index in [1.54, 1.807) is 6.07 Å². The molecule has 1 aliphatic heterocycles. The monoisotopic (exact) mass is 655 g/mol. The Morgan fingerprint density at radius 3 is 2.06 bits per heavy atom. The highest BCUT2D eigenvalue weighted by molar-refractivity contribution is 6.21. The zero-order chi connectivity index (χ0) is 34.2. The van der Waals surface area contributed by atoms with E-state index in [9.17, 15) is 4.39 Å². The van der Waals surface area contributed by atoms with Crippen LogP contribution < -0.4 is 5.32 Å². The summed E-state index contributed by atoms with van der Waals surface area (Å²) in [5.74, 6) is 0.934. The summed E-state index contributed by atoms with van der Waals surface area (Å²) < 4.78 is 20.8. The first kappa shape index (κ1) is 30.5. The number of para-hydroxylation sites is 1. The van der Waals surface area contributed by atoms with Gasteiger partial charge in [0, 0.05) is 27.5 Å². The second kappa shape index (κ2) is 11.2. The molecule has 1 atom stereocenters. The number of nitrogens with zero attached hydrogens (tertiary/aromatic N) is 2. The van der Waals surface area contributed by atoms with Crippen molar-refractivity contribution in [3.63, 3.8) is 0 Å². The van der Waals surface area contributed by atoms with Gasteiger partial charge in [0.15, 0.2) is 6.17 Å². The number of fused-ring (bicyclic) bond motifs is 5. The van der Waals surface area contributed by atoms with Crippen molar-refractivity contribution in [1.82, 2.24) is 5.32 Å². The summed E-state index contributed by atoms with van der Waals surface area (Å²) in [4.78, 5) is 10.4. The molecule has 0 bridgehead atoms. The normalized spacial score (nSPS) is 18.1. The molecule has 0 spiro atoms. The summed E-state index contributed by atoms with van der Waals surface area (Å²) in [5, 5.41) is 7.75. The summed E-state index contributed by atoms with van der Waals surface area (Å²) in [6.07, 6.45) is 1.77. The van der Waals surface area contributed by atoms with Gasteiger partial charge in [-0.05, 0) is 81.0 Å². The van der Waals surface area contributed by atoms with Crippen molar-refractivity contribution in [2.24, 2.45) is 9.98 Å². The minimum Gasteiger partial charge on any atom is -0.456 e. The summed E-state index contributed by atoms with van der Waals surface area (Å²) in [6, 6.07) is 40.6. The number of benzene rings is 6. The van der Waals surface area contributed by atoms with Crippen LogP contribution in [0.4, 0.5) is 4.39 Å². The highest BCUT2D eigenvalue weighted by atomic mass is 19.1. The molecular weight excluding hydrogens is 618 g/mol. The van der Waals surface area contributed by atoms with Crippen molar-refractivity contribution in [2.75, 3.05) is 0 Å². The Morgan fingerprint density at radius 2 is 1.26 bits per heavy atom. The van der Waals surface area contributed by atoms with Crippen LogP contribution in [0.25, 0.3) is 43.8 Å². The molecule has 1 aromatic heterocycles. The first-order valence-electron chi connectivity index (χ1n) is 17.4. The van der Waals surface area contributed by atoms with Crippen LogP contribution in [0.15, 0.2) is 136 Å². The van der Waals surface area contributed by atoms with E-state index in [4.69, 9.17) is 14.4 Å². The standard InChI is InChI=1S/C45H38FN3O/c1-44(2)23-24-45(3,4)37-26-27(19-22-36(37)44)30-20-21-33(32-14-6-5-13-31(30)32)42-47-41(28-11-9-12-29(46)25-28)48-43(49-42)35-16-10-18-39-40(35)34-15-7-8-17-38(34)50-39/h5-22,25-26,43H,23-24H2,1-4H3,(H,47,48,49). The Kier molecular flexibility index (Phi) is 6.86. The van der Waals surface area contributed by atoms with E-state index in [1.165, 1.54) is 47.2 Å². The van der Waals surface area contributed by atoms with E-state index in [1.807, 2.05) is 36.4 Å². The number of nitrogens with one attached hydrogen (secondary N) is 1. The Hall–Kier alpha value is -5.55. The Balaban J connectivity index is 1.22. The van der Waals surface area contributed by atoms with Crippen LogP contribution in [-0.2, 0) is 10.8 Å². The van der Waals surface area contributed by atoms with Gasteiger partial charge in [0.1, 0.15) is 28.7 Å². The molecule has 6 aromatic carbocycles. The van der Waals surface area contributed by atoms with Gasteiger partial charge in [-0.2, -0.15) is 0 Å². The number of amidine groups is 2. The van der Waals surface area contributed by atoms with Gasteiger partial charge in [-0.25, -0.2) is 14.4 Å². The molecule has 0 amide bonds. The lowest BCUT2D eigenvalue weighted by Gasteiger charge is -2.42. The number of hydrogen-bond donors (Lipinski definition) is 1. The fourth-order valence-electron chi connectivity index (χ4n) is 8.04. The van der Waals surface area contributed by atoms with Crippen LogP contribution in [0, 0.1) is 5.82 Å². The molecule has 4 nitrogen and oxygen atoms in total. The topological polar surface area (TPSA) is 49.9 Å². The molecule has 2 heterocycles. The highest BCUT2D eigenvalue weighted by Crippen LogP contribution is 2.47. The third-order valence-electron chi connectivity index (χ3n) is 10.9. The van der Waals surface area contributed by atoms with E-state index in [0.29, 0.717) is 17.2 Å². The average Bonchev–Trinajstić information content (AvgIpc) is 3.52. The lowest BCUT2D eigenvalue weighted by atomic mass is 9.63. The largest absolute Gasteiger partial charge is 0.456 e. The van der Waals surface area contributed by atoms with Crippen LogP contribution in [0.3, 0.4) is 0 Å². The molecule has 2 aliphatic rings. The highest BCUT2D eigenvalue weighted by Gasteiger charge is 2.37. The van der Waals surface area contributed by atoms with Gasteiger partial charge in [-0.1, -0.05) is 125 Å². The molecule has 0 saturated heterocycles. The Morgan fingerprint density at radius 1 is 0.600 bits per heavy atom. The molecule has 246 valence electrons. The molecule has 1 N–H and O–H groups in total. The van der Waals surface area contributed by atoms with Crippen LogP contribution in [-0.4, -0.2) is 11.7 Å². The third kappa shape index (κ3) is 4.94. The van der Waals surface area contributed by atoms with Gasteiger partial charge in [0.2, 0.25) is 0 Å². The van der Waals surface area contributed by atoms with Gasteiger partial charge in [-0.3, -0.25) is 0 Å². The van der Waals surface area contributed by atoms with Crippen molar-refractivity contribution < 1.29 is 8.81 Å². The lowest BCUT2D eigenvalue weighted by molar-refractivity contribution is 0.332. The summed E-state index contributed by atoms with van der Waals surface area (Å²) in [5.41, 5.74) is 9.72. The number of halogens is 1. The van der Waals surface area contributed by atoms with Crippen molar-refractivity contribution in [3.05, 3.63) is 155 Å². The zero-order valence-corrected chi connectivity index (χ0v) is 28.7. The molecule has 1 unspecified atom stereocenters. The average molecular weight is 656 g/mol. The molecule has 50 heavy (non-hydrogen) atoms. The molecule has 7 aromatic rings. The zero-order valence-electron chi connectivity index (χ0n) is 28.7. The predicted molar refractivity (Wildman–Crippen MR) is 204 cm³/mol. The van der Waals surface area contributed by atoms with Crippen molar-refractivity contribution in [3.8, 4) is 11.1 Å². The molecule has 0 radical (unpaired) electrons. The van der Waals surface area contributed by atoms with Gasteiger partial charge < -0.3 is 9.73 Å². The maximum Gasteiger partial charge on any atom is 0.170 e. The molecule has 5 heteroatoms. The van der Waals surface area contributed by atoms with Crippen LogP contribution in [0.1, 0.15) is 74.5 Å². The van der Waals surface area contributed by atoms with Crippen molar-refractivity contribution in [1.29, 1.82) is 0 Å². The predicted octanol–water partition coefficient (Wildman–Crippen LogP) is 11.4. The van der Waals surface area contributed by atoms with Crippen LogP contribution in [0.5, 0.6) is 0 Å². The lowest BCUT2D eigenvalue weighted by Crippen LogP contribution is -2.36. The second-order valence-electron chi connectivity index (χ2n) is 15.0. The van der Waals surface area contributed by atoms with Crippen LogP contribution >= 0.6 is 0 Å². The van der Waals surface area contributed by atoms with Gasteiger partial charge >= 0.3 is 0 Å². The fraction of sp³-hybridized carbons (Fsp3) is 0.200. The van der Waals surface area contributed by atoms with Crippen molar-refractivity contribution >= 4 is 44.4 Å². The van der Waals surface area contributed by atoms with Gasteiger partial charge in [0.05, 0.1) is 0 Å². The van der Waals surface area contributed by atoms with E-state index in [-0.39, 0.29) is 16.6 Å². The SMILES string of the molecule is CC1(C)CCC(C)(C)c2cc(-c3ccc(C4=NC(c5cccc6oc7ccccc7c56)N=C(c5cccc(F)c5)N4)c4ccccc34)ccc21. The Bertz CT molecular complexity index is 2550. The number of rotatable bonds is 4. The quantitative estimate of drug-likeness (QED) is 0.205. The van der Waals surface area contributed by atoms with Crippen molar-refractivity contribution in [2.45, 2.75) is 57.5 Å². The molecular formula is C45H38FN3O. The smallest absolute Gasteiger partial charge is 0.170 e. The van der Waals surface area contributed by atoms with E-state index >= 15 is 0 Å². The molecule has 1 aliphatic carbocycles. The third-order valence-corrected chi connectivity index (χ3v) is 10.9. The van der Waals surface area contributed by atoms with E-state index < -0.39 is 6.17 Å².